The minimum absolute atomic E-state index is 0.0475. The third kappa shape index (κ3) is 0.827. The van der Waals surface area contributed by atoms with Crippen LogP contribution in [0.4, 0.5) is 0 Å². The van der Waals surface area contributed by atoms with Crippen molar-refractivity contribution >= 4 is 12.3 Å². The normalized spacial score (nSPS) is 12.1. The highest BCUT2D eigenvalue weighted by Gasteiger charge is 2.03. The van der Waals surface area contributed by atoms with Crippen LogP contribution in [0.2, 0.25) is 0 Å². The topological polar surface area (TPSA) is 34.9 Å². The molecule has 2 heterocycles. The molecule has 0 aliphatic carbocycles. The zero-order valence-corrected chi connectivity index (χ0v) is 6.03. The van der Waals surface area contributed by atoms with Crippen LogP contribution in [0.15, 0.2) is 16.6 Å². The second-order valence-electron chi connectivity index (χ2n) is 2.40. The molecular formula is C8H6N2O. The first-order chi connectivity index (χ1) is 5.27. The van der Waals surface area contributed by atoms with Crippen LogP contribution in [0.1, 0.15) is 11.5 Å². The lowest BCUT2D eigenvalue weighted by atomic mass is 10.4. The first kappa shape index (κ1) is 6.13. The minimum atomic E-state index is -0.0475. The molecule has 0 fully saturated rings. The number of aromatic nitrogens is 2. The molecule has 0 radical (unpaired) electrons. The van der Waals surface area contributed by atoms with E-state index in [0.29, 0.717) is 5.82 Å². The summed E-state index contributed by atoms with van der Waals surface area (Å²) in [6.07, 6.45) is 3.28. The van der Waals surface area contributed by atoms with E-state index in [4.69, 9.17) is 0 Å². The molecule has 1 aromatic heterocycles. The second kappa shape index (κ2) is 1.94. The molecule has 0 atom stereocenters. The Morgan fingerprint density at radius 2 is 2.45 bits per heavy atom. The summed E-state index contributed by atoms with van der Waals surface area (Å²) in [5, 5.41) is 0. The van der Waals surface area contributed by atoms with Crippen LogP contribution in [-0.4, -0.2) is 9.55 Å². The Balaban J connectivity index is 2.84. The van der Waals surface area contributed by atoms with E-state index in [0.717, 1.165) is 5.69 Å². The molecule has 3 nitrogen and oxygen atoms in total. The Hall–Kier alpha value is -1.60. The van der Waals surface area contributed by atoms with E-state index in [1.165, 1.54) is 10.6 Å². The second-order valence-corrected chi connectivity index (χ2v) is 2.40. The van der Waals surface area contributed by atoms with Gasteiger partial charge in [0.05, 0.1) is 6.20 Å². The van der Waals surface area contributed by atoms with E-state index in [9.17, 15) is 4.79 Å². The van der Waals surface area contributed by atoms with Crippen molar-refractivity contribution < 1.29 is 0 Å². The third-order valence-electron chi connectivity index (χ3n) is 1.52. The lowest BCUT2D eigenvalue weighted by Crippen LogP contribution is -2.17. The number of nitrogens with zero attached hydrogens (tertiary/aromatic N) is 2. The molecular weight excluding hydrogens is 140 g/mol. The Labute approximate surface area is 63.3 Å². The van der Waals surface area contributed by atoms with Crippen LogP contribution in [0.25, 0.3) is 12.3 Å². The van der Waals surface area contributed by atoms with Gasteiger partial charge >= 0.3 is 0 Å². The molecule has 0 saturated carbocycles. The van der Waals surface area contributed by atoms with E-state index in [1.807, 2.05) is 0 Å². The van der Waals surface area contributed by atoms with Crippen LogP contribution in [0.3, 0.4) is 0 Å². The maximum Gasteiger partial charge on any atom is 0.258 e. The van der Waals surface area contributed by atoms with Gasteiger partial charge in [-0.3, -0.25) is 9.36 Å². The summed E-state index contributed by atoms with van der Waals surface area (Å²) in [6, 6.07) is 1.50. The van der Waals surface area contributed by atoms with E-state index in [2.05, 4.69) is 10.7 Å². The fourth-order valence-electron chi connectivity index (χ4n) is 1.05. The smallest absolute Gasteiger partial charge is 0.258 e. The van der Waals surface area contributed by atoms with E-state index in [-0.39, 0.29) is 5.56 Å². The highest BCUT2D eigenvalue weighted by Crippen LogP contribution is 2.02. The molecule has 1 aliphatic rings. The Bertz CT molecular complexity index is 422. The molecule has 0 unspecified atom stereocenters. The average molecular weight is 146 g/mol. The summed E-state index contributed by atoms with van der Waals surface area (Å²) >= 11 is 0. The van der Waals surface area contributed by atoms with Crippen molar-refractivity contribution in [3.8, 4) is 0 Å². The minimum Gasteiger partial charge on any atom is -0.269 e. The van der Waals surface area contributed by atoms with Gasteiger partial charge in [-0.15, -0.1) is 0 Å². The molecule has 1 aliphatic heterocycles. The third-order valence-corrected chi connectivity index (χ3v) is 1.52. The molecule has 54 valence electrons. The van der Waals surface area contributed by atoms with Gasteiger partial charge in [0.15, 0.2) is 0 Å². The maximum absolute atomic E-state index is 11.2. The molecule has 0 amide bonds. The fraction of sp³-hybridized carbons (Fsp3) is 0.125. The van der Waals surface area contributed by atoms with Gasteiger partial charge in [0.25, 0.3) is 5.56 Å². The number of hydrogen-bond acceptors (Lipinski definition) is 2. The van der Waals surface area contributed by atoms with Crippen molar-refractivity contribution in [1.29, 1.82) is 0 Å². The van der Waals surface area contributed by atoms with Crippen molar-refractivity contribution in [2.45, 2.75) is 6.92 Å². The Morgan fingerprint density at radius 1 is 1.64 bits per heavy atom. The molecule has 11 heavy (non-hydrogen) atoms. The van der Waals surface area contributed by atoms with E-state index >= 15 is 0 Å². The summed E-state index contributed by atoms with van der Waals surface area (Å²) in [5.41, 5.74) is 3.50. The number of hydrogen-bond donors (Lipinski definition) is 0. The van der Waals surface area contributed by atoms with Gasteiger partial charge in [-0.25, -0.2) is 4.98 Å². The Morgan fingerprint density at radius 3 is 3.27 bits per heavy atom. The zero-order chi connectivity index (χ0) is 7.84. The van der Waals surface area contributed by atoms with Crippen LogP contribution in [-0.2, 0) is 0 Å². The molecule has 3 heteroatoms. The Kier molecular flexibility index (Phi) is 1.08. The van der Waals surface area contributed by atoms with Gasteiger partial charge in [-0.1, -0.05) is 5.73 Å². The summed E-state index contributed by atoms with van der Waals surface area (Å²) in [7, 11) is 0. The van der Waals surface area contributed by atoms with Crippen LogP contribution < -0.4 is 5.56 Å². The standard InChI is InChI=1S/C8H6N2O/c1-6-5-8(11)10-4-2-3-7(10)9-6/h3-5H,1H3. The molecule has 2 rings (SSSR count). The van der Waals surface area contributed by atoms with E-state index in [1.54, 1.807) is 19.2 Å². The first-order valence-corrected chi connectivity index (χ1v) is 3.30. The van der Waals surface area contributed by atoms with Crippen LogP contribution in [0, 0.1) is 6.92 Å². The SMILES string of the molecule is Cc1cc(=O)n2c(n1)C=C=C2. The predicted octanol–water partition coefficient (Wildman–Crippen LogP) is 0.648. The maximum atomic E-state index is 11.2. The number of aryl methyl sites for hydroxylation is 1. The van der Waals surface area contributed by atoms with Gasteiger partial charge in [0, 0.05) is 17.8 Å². The highest BCUT2D eigenvalue weighted by atomic mass is 16.1. The van der Waals surface area contributed by atoms with Crippen LogP contribution in [0.5, 0.6) is 0 Å². The fourth-order valence-corrected chi connectivity index (χ4v) is 1.05. The first-order valence-electron chi connectivity index (χ1n) is 3.30. The van der Waals surface area contributed by atoms with Gasteiger partial charge in [-0.2, -0.15) is 0 Å². The van der Waals surface area contributed by atoms with Gasteiger partial charge < -0.3 is 0 Å². The van der Waals surface area contributed by atoms with Crippen molar-refractivity contribution in [2.75, 3.05) is 0 Å². The van der Waals surface area contributed by atoms with Crippen molar-refractivity contribution in [3.05, 3.63) is 33.7 Å². The van der Waals surface area contributed by atoms with Crippen molar-refractivity contribution in [1.82, 2.24) is 9.55 Å². The lowest BCUT2D eigenvalue weighted by molar-refractivity contribution is 0.951. The summed E-state index contributed by atoms with van der Waals surface area (Å²) in [5.74, 6) is 0.662. The predicted molar refractivity (Wildman–Crippen MR) is 42.0 cm³/mol. The van der Waals surface area contributed by atoms with Crippen LogP contribution >= 0.6 is 0 Å². The zero-order valence-electron chi connectivity index (χ0n) is 6.03. The monoisotopic (exact) mass is 146 g/mol. The van der Waals surface area contributed by atoms with Crippen molar-refractivity contribution in [3.63, 3.8) is 0 Å². The molecule has 0 N–H and O–H groups in total. The van der Waals surface area contributed by atoms with Gasteiger partial charge in [-0.05, 0) is 6.92 Å². The summed E-state index contributed by atoms with van der Waals surface area (Å²) in [6.45, 7) is 1.80. The van der Waals surface area contributed by atoms with Gasteiger partial charge in [0.2, 0.25) is 0 Å². The van der Waals surface area contributed by atoms with Gasteiger partial charge in [0.1, 0.15) is 5.82 Å². The average Bonchev–Trinajstić information content (AvgIpc) is 2.34. The summed E-state index contributed by atoms with van der Waals surface area (Å²) in [4.78, 5) is 15.3. The quantitative estimate of drug-likeness (QED) is 0.511. The number of rotatable bonds is 0. The molecule has 1 aromatic rings. The molecule has 0 saturated heterocycles. The number of fused-ring (bicyclic) bond motifs is 1. The summed E-state index contributed by atoms with van der Waals surface area (Å²) < 4.78 is 1.47. The molecule has 0 aromatic carbocycles. The highest BCUT2D eigenvalue weighted by molar-refractivity contribution is 5.53. The van der Waals surface area contributed by atoms with Crippen molar-refractivity contribution in [2.24, 2.45) is 0 Å². The molecule has 0 spiro atoms. The molecule has 0 bridgehead atoms. The lowest BCUT2D eigenvalue weighted by Gasteiger charge is -1.98. The largest absolute Gasteiger partial charge is 0.269 e. The van der Waals surface area contributed by atoms with E-state index < -0.39 is 0 Å².